The van der Waals surface area contributed by atoms with Crippen LogP contribution in [0.15, 0.2) is 12.1 Å². The fraction of sp³-hybridized carbons (Fsp3) is 0.250. The van der Waals surface area contributed by atoms with Crippen molar-refractivity contribution in [1.82, 2.24) is 9.78 Å². The van der Waals surface area contributed by atoms with E-state index in [1.165, 1.54) is 4.68 Å². The van der Waals surface area contributed by atoms with E-state index in [0.29, 0.717) is 29.2 Å². The fourth-order valence-corrected chi connectivity index (χ4v) is 1.74. The molecule has 0 saturated carbocycles. The molecular weight excluding hydrogens is 243 g/mol. The maximum absolute atomic E-state index is 13.5. The van der Waals surface area contributed by atoms with E-state index in [1.807, 2.05) is 0 Å². The largest absolute Gasteiger partial charge is 0.396 e. The molecule has 0 aliphatic heterocycles. The van der Waals surface area contributed by atoms with Gasteiger partial charge in [0, 0.05) is 17.7 Å². The van der Waals surface area contributed by atoms with Gasteiger partial charge in [-0.3, -0.25) is 4.68 Å². The number of nitrogen functional groups attached to an aromatic ring is 1. The number of nitrogens with zero attached hydrogens (tertiary/aromatic N) is 2. The van der Waals surface area contributed by atoms with Crippen LogP contribution in [0.3, 0.4) is 0 Å². The van der Waals surface area contributed by atoms with Gasteiger partial charge in [-0.15, -0.1) is 0 Å². The van der Waals surface area contributed by atoms with Gasteiger partial charge < -0.3 is 5.73 Å². The SMILES string of the molecule is Cc1nn(Cc2c(F)cc(F)cc2F)c(C)c1N. The van der Waals surface area contributed by atoms with Gasteiger partial charge >= 0.3 is 0 Å². The Balaban J connectivity index is 2.43. The molecule has 2 aromatic rings. The quantitative estimate of drug-likeness (QED) is 0.896. The van der Waals surface area contributed by atoms with Crippen molar-refractivity contribution in [3.05, 3.63) is 46.5 Å². The highest BCUT2D eigenvalue weighted by molar-refractivity contribution is 5.47. The normalized spacial score (nSPS) is 10.9. The topological polar surface area (TPSA) is 43.8 Å². The number of benzene rings is 1. The molecule has 0 spiro atoms. The van der Waals surface area contributed by atoms with Crippen molar-refractivity contribution >= 4 is 5.69 Å². The molecule has 1 aromatic heterocycles. The van der Waals surface area contributed by atoms with Crippen LogP contribution in [0.2, 0.25) is 0 Å². The van der Waals surface area contributed by atoms with Crippen LogP contribution in [0.5, 0.6) is 0 Å². The first-order chi connectivity index (χ1) is 8.40. The lowest BCUT2D eigenvalue weighted by Crippen LogP contribution is -2.08. The summed E-state index contributed by atoms with van der Waals surface area (Å²) in [5, 5.41) is 4.07. The van der Waals surface area contributed by atoms with E-state index in [4.69, 9.17) is 5.73 Å². The number of aromatic nitrogens is 2. The van der Waals surface area contributed by atoms with Crippen LogP contribution >= 0.6 is 0 Å². The molecule has 2 rings (SSSR count). The Morgan fingerprint density at radius 2 is 1.72 bits per heavy atom. The van der Waals surface area contributed by atoms with Gasteiger partial charge in [-0.05, 0) is 13.8 Å². The van der Waals surface area contributed by atoms with Crippen LogP contribution < -0.4 is 5.73 Å². The van der Waals surface area contributed by atoms with Gasteiger partial charge in [0.05, 0.1) is 23.6 Å². The second kappa shape index (κ2) is 4.36. The van der Waals surface area contributed by atoms with Crippen LogP contribution in [0.25, 0.3) is 0 Å². The molecule has 1 heterocycles. The Kier molecular flexibility index (Phi) is 3.02. The number of hydrogen-bond acceptors (Lipinski definition) is 2. The highest BCUT2D eigenvalue weighted by Gasteiger charge is 2.15. The number of hydrogen-bond donors (Lipinski definition) is 1. The highest BCUT2D eigenvalue weighted by Crippen LogP contribution is 2.20. The van der Waals surface area contributed by atoms with Crippen molar-refractivity contribution in [3.63, 3.8) is 0 Å². The van der Waals surface area contributed by atoms with E-state index in [-0.39, 0.29) is 12.1 Å². The molecule has 0 aliphatic carbocycles. The fourth-order valence-electron chi connectivity index (χ4n) is 1.74. The summed E-state index contributed by atoms with van der Waals surface area (Å²) in [7, 11) is 0. The van der Waals surface area contributed by atoms with E-state index >= 15 is 0 Å². The second-order valence-electron chi connectivity index (χ2n) is 4.09. The van der Waals surface area contributed by atoms with Gasteiger partial charge in [0.15, 0.2) is 0 Å². The van der Waals surface area contributed by atoms with Gasteiger partial charge in [0.25, 0.3) is 0 Å². The van der Waals surface area contributed by atoms with Gasteiger partial charge in [0.1, 0.15) is 17.5 Å². The van der Waals surface area contributed by atoms with Crippen molar-refractivity contribution in [2.45, 2.75) is 20.4 Å². The smallest absolute Gasteiger partial charge is 0.134 e. The van der Waals surface area contributed by atoms with Gasteiger partial charge in [-0.1, -0.05) is 0 Å². The first-order valence-electron chi connectivity index (χ1n) is 5.33. The van der Waals surface area contributed by atoms with Gasteiger partial charge in [-0.25, -0.2) is 13.2 Å². The van der Waals surface area contributed by atoms with Crippen LogP contribution in [0.1, 0.15) is 17.0 Å². The molecule has 0 radical (unpaired) electrons. The lowest BCUT2D eigenvalue weighted by molar-refractivity contribution is 0.506. The van der Waals surface area contributed by atoms with Gasteiger partial charge in [0.2, 0.25) is 0 Å². The minimum absolute atomic E-state index is 0.123. The molecule has 1 aromatic carbocycles. The molecule has 0 bridgehead atoms. The van der Waals surface area contributed by atoms with Crippen LogP contribution in [0.4, 0.5) is 18.9 Å². The summed E-state index contributed by atoms with van der Waals surface area (Å²) in [5.74, 6) is -2.81. The Morgan fingerprint density at radius 1 is 1.17 bits per heavy atom. The number of anilines is 1. The maximum atomic E-state index is 13.5. The minimum Gasteiger partial charge on any atom is -0.396 e. The highest BCUT2D eigenvalue weighted by atomic mass is 19.1. The van der Waals surface area contributed by atoms with E-state index in [1.54, 1.807) is 13.8 Å². The molecule has 0 atom stereocenters. The Hall–Kier alpha value is -1.98. The zero-order valence-corrected chi connectivity index (χ0v) is 9.97. The second-order valence-corrected chi connectivity index (χ2v) is 4.09. The predicted octanol–water partition coefficient (Wildman–Crippen LogP) is 2.55. The summed E-state index contributed by atoms with van der Waals surface area (Å²) in [6, 6.07) is 1.29. The summed E-state index contributed by atoms with van der Waals surface area (Å²) < 4.78 is 41.1. The lowest BCUT2D eigenvalue weighted by atomic mass is 10.2. The van der Waals surface area contributed by atoms with Gasteiger partial charge in [-0.2, -0.15) is 5.10 Å². The summed E-state index contributed by atoms with van der Waals surface area (Å²) in [6.45, 7) is 3.28. The first-order valence-corrected chi connectivity index (χ1v) is 5.33. The minimum atomic E-state index is -0.943. The summed E-state index contributed by atoms with van der Waals surface area (Å²) in [4.78, 5) is 0. The van der Waals surface area contributed by atoms with Crippen molar-refractivity contribution in [2.75, 3.05) is 5.73 Å². The monoisotopic (exact) mass is 255 g/mol. The van der Waals surface area contributed by atoms with E-state index < -0.39 is 17.5 Å². The molecule has 2 N–H and O–H groups in total. The average molecular weight is 255 g/mol. The third-order valence-electron chi connectivity index (χ3n) is 2.85. The summed E-state index contributed by atoms with van der Waals surface area (Å²) in [6.07, 6.45) is 0. The van der Waals surface area contributed by atoms with Crippen molar-refractivity contribution in [3.8, 4) is 0 Å². The Labute approximate surface area is 102 Å². The molecule has 96 valence electrons. The van der Waals surface area contributed by atoms with Crippen molar-refractivity contribution in [1.29, 1.82) is 0 Å². The molecule has 18 heavy (non-hydrogen) atoms. The molecule has 0 amide bonds. The Bertz CT molecular complexity index is 582. The van der Waals surface area contributed by atoms with Crippen LogP contribution in [0, 0.1) is 31.3 Å². The molecule has 3 nitrogen and oxygen atoms in total. The molecule has 0 unspecified atom stereocenters. The standard InChI is InChI=1S/C12H12F3N3/c1-6-12(16)7(2)18(17-6)5-9-10(14)3-8(13)4-11(9)15/h3-4H,5,16H2,1-2H3. The lowest BCUT2D eigenvalue weighted by Gasteiger charge is -2.07. The van der Waals surface area contributed by atoms with Crippen molar-refractivity contribution < 1.29 is 13.2 Å². The average Bonchev–Trinajstić information content (AvgIpc) is 2.51. The number of halogens is 3. The van der Waals surface area contributed by atoms with E-state index in [0.717, 1.165) is 0 Å². The zero-order valence-electron chi connectivity index (χ0n) is 9.97. The number of aryl methyl sites for hydroxylation is 1. The molecule has 6 heteroatoms. The first kappa shape index (κ1) is 12.5. The number of nitrogens with two attached hydrogens (primary N) is 1. The zero-order chi connectivity index (χ0) is 13.4. The molecule has 0 fully saturated rings. The molecular formula is C12H12F3N3. The maximum Gasteiger partial charge on any atom is 0.134 e. The van der Waals surface area contributed by atoms with Crippen LogP contribution in [-0.4, -0.2) is 9.78 Å². The molecule has 0 saturated heterocycles. The van der Waals surface area contributed by atoms with E-state index in [2.05, 4.69) is 5.10 Å². The number of rotatable bonds is 2. The van der Waals surface area contributed by atoms with Crippen molar-refractivity contribution in [2.24, 2.45) is 0 Å². The third kappa shape index (κ3) is 2.05. The molecule has 0 aliphatic rings. The van der Waals surface area contributed by atoms with E-state index in [9.17, 15) is 13.2 Å². The Morgan fingerprint density at radius 3 is 2.17 bits per heavy atom. The van der Waals surface area contributed by atoms with Crippen LogP contribution in [-0.2, 0) is 6.54 Å². The third-order valence-corrected chi connectivity index (χ3v) is 2.85. The summed E-state index contributed by atoms with van der Waals surface area (Å²) in [5.41, 5.74) is 7.19. The predicted molar refractivity (Wildman–Crippen MR) is 61.5 cm³/mol. The summed E-state index contributed by atoms with van der Waals surface area (Å²) >= 11 is 0.